The zero-order valence-electron chi connectivity index (χ0n) is 8.33. The van der Waals surface area contributed by atoms with Crippen LogP contribution < -0.4 is 0 Å². The van der Waals surface area contributed by atoms with E-state index in [1.165, 1.54) is 0 Å². The highest BCUT2D eigenvalue weighted by Crippen LogP contribution is 2.10. The van der Waals surface area contributed by atoms with Crippen molar-refractivity contribution >= 4 is 21.8 Å². The minimum absolute atomic E-state index is 0.0907. The highest BCUT2D eigenvalue weighted by Gasteiger charge is 2.02. The van der Waals surface area contributed by atoms with Gasteiger partial charge in [-0.15, -0.1) is 0 Å². The van der Waals surface area contributed by atoms with Crippen molar-refractivity contribution in [3.05, 3.63) is 28.5 Å². The molecule has 1 heterocycles. The molecule has 0 saturated carbocycles. The van der Waals surface area contributed by atoms with E-state index < -0.39 is 0 Å². The third kappa shape index (κ3) is 3.46. The van der Waals surface area contributed by atoms with Gasteiger partial charge in [0.15, 0.2) is 0 Å². The van der Waals surface area contributed by atoms with E-state index in [-0.39, 0.29) is 5.91 Å². The third-order valence-electron chi connectivity index (χ3n) is 2.03. The first-order chi connectivity index (χ1) is 6.59. The Morgan fingerprint density at radius 3 is 2.86 bits per heavy atom. The van der Waals surface area contributed by atoms with Crippen LogP contribution in [0.15, 0.2) is 22.9 Å². The van der Waals surface area contributed by atoms with Gasteiger partial charge in [-0.05, 0) is 34.0 Å². The van der Waals surface area contributed by atoms with Crippen molar-refractivity contribution in [3.63, 3.8) is 0 Å². The highest BCUT2D eigenvalue weighted by molar-refractivity contribution is 9.10. The predicted molar refractivity (Wildman–Crippen MR) is 59.0 cm³/mol. The number of amides is 1. The van der Waals surface area contributed by atoms with Gasteiger partial charge in [-0.2, -0.15) is 0 Å². The fourth-order valence-corrected chi connectivity index (χ4v) is 1.46. The van der Waals surface area contributed by atoms with Crippen molar-refractivity contribution in [2.75, 3.05) is 13.6 Å². The number of aromatic nitrogens is 1. The molecule has 0 aliphatic heterocycles. The van der Waals surface area contributed by atoms with Gasteiger partial charge in [-0.25, -0.2) is 0 Å². The fourth-order valence-electron chi connectivity index (χ4n) is 1.05. The van der Waals surface area contributed by atoms with Crippen LogP contribution in [-0.4, -0.2) is 29.4 Å². The molecule has 0 N–H and O–H groups in total. The summed E-state index contributed by atoms with van der Waals surface area (Å²) in [6.45, 7) is 2.30. The number of halogens is 1. The lowest BCUT2D eigenvalue weighted by molar-refractivity contribution is -0.127. The van der Waals surface area contributed by atoms with E-state index in [4.69, 9.17) is 0 Å². The largest absolute Gasteiger partial charge is 0.346 e. The second kappa shape index (κ2) is 5.10. The average Bonchev–Trinajstić information content (AvgIpc) is 2.14. The van der Waals surface area contributed by atoms with E-state index in [1.54, 1.807) is 25.1 Å². The summed E-state index contributed by atoms with van der Waals surface area (Å²) >= 11 is 3.36. The lowest BCUT2D eigenvalue weighted by atomic mass is 10.2. The Hall–Kier alpha value is -0.900. The number of pyridine rings is 1. The van der Waals surface area contributed by atoms with Crippen molar-refractivity contribution in [1.29, 1.82) is 0 Å². The maximum Gasteiger partial charge on any atom is 0.219 e. The molecular weight excluding hydrogens is 244 g/mol. The van der Waals surface area contributed by atoms with Crippen molar-refractivity contribution in [2.45, 2.75) is 13.3 Å². The monoisotopic (exact) mass is 256 g/mol. The first kappa shape index (κ1) is 11.2. The van der Waals surface area contributed by atoms with Crippen LogP contribution in [0.3, 0.4) is 0 Å². The van der Waals surface area contributed by atoms with E-state index in [1.807, 2.05) is 12.3 Å². The van der Waals surface area contributed by atoms with Gasteiger partial charge in [0.2, 0.25) is 5.91 Å². The van der Waals surface area contributed by atoms with Gasteiger partial charge in [0.25, 0.3) is 0 Å². The number of carbonyl (C=O) groups excluding carboxylic acids is 1. The van der Waals surface area contributed by atoms with Crippen LogP contribution in [0.2, 0.25) is 0 Å². The Morgan fingerprint density at radius 2 is 2.29 bits per heavy atom. The highest BCUT2D eigenvalue weighted by atomic mass is 79.9. The van der Waals surface area contributed by atoms with Crippen LogP contribution in [0.4, 0.5) is 0 Å². The van der Waals surface area contributed by atoms with Gasteiger partial charge in [0.1, 0.15) is 0 Å². The van der Waals surface area contributed by atoms with Gasteiger partial charge < -0.3 is 4.90 Å². The number of rotatable bonds is 3. The van der Waals surface area contributed by atoms with Crippen molar-refractivity contribution in [3.8, 4) is 0 Å². The van der Waals surface area contributed by atoms with Gasteiger partial charge in [0.05, 0.1) is 0 Å². The SMILES string of the molecule is CC(=O)N(C)CCc1cncc(Br)c1. The Bertz CT molecular complexity index is 328. The number of carbonyl (C=O) groups is 1. The minimum Gasteiger partial charge on any atom is -0.346 e. The molecule has 0 aromatic carbocycles. The molecule has 1 rings (SSSR count). The summed E-state index contributed by atoms with van der Waals surface area (Å²) in [6, 6.07) is 2.01. The summed E-state index contributed by atoms with van der Waals surface area (Å²) in [5.41, 5.74) is 1.13. The first-order valence-electron chi connectivity index (χ1n) is 4.40. The molecule has 0 bridgehead atoms. The summed E-state index contributed by atoms with van der Waals surface area (Å²) in [5.74, 6) is 0.0907. The van der Waals surface area contributed by atoms with Crippen LogP contribution in [-0.2, 0) is 11.2 Å². The van der Waals surface area contributed by atoms with Crippen molar-refractivity contribution in [1.82, 2.24) is 9.88 Å². The third-order valence-corrected chi connectivity index (χ3v) is 2.47. The van der Waals surface area contributed by atoms with Crippen LogP contribution in [0, 0.1) is 0 Å². The maximum atomic E-state index is 10.9. The van der Waals surface area contributed by atoms with Gasteiger partial charge in [-0.3, -0.25) is 9.78 Å². The minimum atomic E-state index is 0.0907. The Labute approximate surface area is 92.3 Å². The number of hydrogen-bond acceptors (Lipinski definition) is 2. The van der Waals surface area contributed by atoms with E-state index in [0.717, 1.165) is 23.0 Å². The molecule has 0 aliphatic carbocycles. The van der Waals surface area contributed by atoms with Crippen LogP contribution in [0.25, 0.3) is 0 Å². The zero-order valence-corrected chi connectivity index (χ0v) is 9.91. The molecule has 1 amide bonds. The lowest BCUT2D eigenvalue weighted by Crippen LogP contribution is -2.26. The second-order valence-corrected chi connectivity index (χ2v) is 4.12. The van der Waals surface area contributed by atoms with Gasteiger partial charge >= 0.3 is 0 Å². The first-order valence-corrected chi connectivity index (χ1v) is 5.20. The van der Waals surface area contributed by atoms with Crippen LogP contribution in [0.1, 0.15) is 12.5 Å². The molecule has 1 aromatic rings. The summed E-state index contributed by atoms with van der Waals surface area (Å²) in [5, 5.41) is 0. The van der Waals surface area contributed by atoms with Crippen LogP contribution in [0.5, 0.6) is 0 Å². The van der Waals surface area contributed by atoms with E-state index >= 15 is 0 Å². The number of likely N-dealkylation sites (N-methyl/N-ethyl adjacent to an activating group) is 1. The lowest BCUT2D eigenvalue weighted by Gasteiger charge is -2.14. The molecule has 0 atom stereocenters. The van der Waals surface area contributed by atoms with E-state index in [9.17, 15) is 4.79 Å². The Balaban J connectivity index is 2.49. The van der Waals surface area contributed by atoms with E-state index in [0.29, 0.717) is 0 Å². The molecule has 0 radical (unpaired) electrons. The predicted octanol–water partition coefficient (Wildman–Crippen LogP) is 1.86. The second-order valence-electron chi connectivity index (χ2n) is 3.20. The topological polar surface area (TPSA) is 33.2 Å². The molecule has 0 saturated heterocycles. The smallest absolute Gasteiger partial charge is 0.219 e. The van der Waals surface area contributed by atoms with Crippen LogP contribution >= 0.6 is 15.9 Å². The Kier molecular flexibility index (Phi) is 4.07. The molecule has 0 unspecified atom stereocenters. The maximum absolute atomic E-state index is 10.9. The summed E-state index contributed by atoms with van der Waals surface area (Å²) in [6.07, 6.45) is 4.40. The Morgan fingerprint density at radius 1 is 1.57 bits per heavy atom. The summed E-state index contributed by atoms with van der Waals surface area (Å²) in [4.78, 5) is 16.7. The molecular formula is C10H13BrN2O. The van der Waals surface area contributed by atoms with Gasteiger partial charge in [0, 0.05) is 37.4 Å². The number of hydrogen-bond donors (Lipinski definition) is 0. The summed E-state index contributed by atoms with van der Waals surface area (Å²) in [7, 11) is 1.80. The molecule has 3 nitrogen and oxygen atoms in total. The molecule has 14 heavy (non-hydrogen) atoms. The van der Waals surface area contributed by atoms with E-state index in [2.05, 4.69) is 20.9 Å². The van der Waals surface area contributed by atoms with Gasteiger partial charge in [-0.1, -0.05) is 0 Å². The molecule has 4 heteroatoms. The zero-order chi connectivity index (χ0) is 10.6. The quantitative estimate of drug-likeness (QED) is 0.828. The molecule has 0 fully saturated rings. The molecule has 76 valence electrons. The summed E-state index contributed by atoms with van der Waals surface area (Å²) < 4.78 is 0.973. The average molecular weight is 257 g/mol. The normalized spacial score (nSPS) is 9.93. The van der Waals surface area contributed by atoms with Crippen molar-refractivity contribution in [2.24, 2.45) is 0 Å². The standard InChI is InChI=1S/C10H13BrN2O/c1-8(14)13(2)4-3-9-5-10(11)7-12-6-9/h5-7H,3-4H2,1-2H3. The molecule has 0 spiro atoms. The molecule has 1 aromatic heterocycles. The van der Waals surface area contributed by atoms with Crippen molar-refractivity contribution < 1.29 is 4.79 Å². The fraction of sp³-hybridized carbons (Fsp3) is 0.400. The molecule has 0 aliphatic rings. The number of nitrogens with zero attached hydrogens (tertiary/aromatic N) is 2.